The first kappa shape index (κ1) is 12.0. The Kier molecular flexibility index (Phi) is 3.03. The standard InChI is InChI=1S/C17H23N/c1-11-7-8-15(12(2)9-11)13(3)18-17-10-14-5-4-6-16(14)17/h4,6-9,13-14,16-18H,5,10H2,1-3H3. The van der Waals surface area contributed by atoms with Crippen LogP contribution in [-0.2, 0) is 0 Å². The van der Waals surface area contributed by atoms with Crippen LogP contribution in [0.5, 0.6) is 0 Å². The summed E-state index contributed by atoms with van der Waals surface area (Å²) in [5.41, 5.74) is 4.21. The summed E-state index contributed by atoms with van der Waals surface area (Å²) in [6, 6.07) is 7.95. The molecule has 1 saturated carbocycles. The molecule has 2 aliphatic carbocycles. The molecule has 1 N–H and O–H groups in total. The van der Waals surface area contributed by atoms with Crippen LogP contribution in [0.25, 0.3) is 0 Å². The Balaban J connectivity index is 1.67. The quantitative estimate of drug-likeness (QED) is 0.791. The molecule has 0 amide bonds. The van der Waals surface area contributed by atoms with Gasteiger partial charge in [0.25, 0.3) is 0 Å². The van der Waals surface area contributed by atoms with Crippen LogP contribution in [-0.4, -0.2) is 6.04 Å². The van der Waals surface area contributed by atoms with Gasteiger partial charge in [-0.2, -0.15) is 0 Å². The molecule has 1 heteroatoms. The van der Waals surface area contributed by atoms with E-state index >= 15 is 0 Å². The van der Waals surface area contributed by atoms with Crippen molar-refractivity contribution >= 4 is 0 Å². The molecule has 1 aromatic carbocycles. The Morgan fingerprint density at radius 1 is 1.28 bits per heavy atom. The van der Waals surface area contributed by atoms with Gasteiger partial charge in [0.1, 0.15) is 0 Å². The minimum Gasteiger partial charge on any atom is -0.307 e. The maximum atomic E-state index is 3.81. The predicted molar refractivity (Wildman–Crippen MR) is 76.6 cm³/mol. The molecule has 3 rings (SSSR count). The van der Waals surface area contributed by atoms with E-state index in [1.165, 1.54) is 29.5 Å². The highest BCUT2D eigenvalue weighted by Crippen LogP contribution is 2.43. The van der Waals surface area contributed by atoms with Crippen molar-refractivity contribution in [2.75, 3.05) is 0 Å². The third-order valence-electron chi connectivity index (χ3n) is 4.72. The average Bonchev–Trinajstić information content (AvgIpc) is 2.67. The summed E-state index contributed by atoms with van der Waals surface area (Å²) in [6.07, 6.45) is 7.44. The molecular formula is C17H23N. The van der Waals surface area contributed by atoms with Gasteiger partial charge in [-0.15, -0.1) is 0 Å². The lowest BCUT2D eigenvalue weighted by molar-refractivity contribution is 0.152. The number of hydrogen-bond donors (Lipinski definition) is 1. The van der Waals surface area contributed by atoms with E-state index in [1.807, 2.05) is 0 Å². The first-order chi connectivity index (χ1) is 8.65. The second kappa shape index (κ2) is 4.55. The van der Waals surface area contributed by atoms with Crippen molar-refractivity contribution < 1.29 is 0 Å². The molecule has 1 aromatic rings. The Hall–Kier alpha value is -1.08. The third kappa shape index (κ3) is 2.01. The largest absolute Gasteiger partial charge is 0.307 e. The van der Waals surface area contributed by atoms with Crippen LogP contribution < -0.4 is 5.32 Å². The SMILES string of the molecule is Cc1ccc(C(C)NC2CC3CC=CC32)c(C)c1. The lowest BCUT2D eigenvalue weighted by Crippen LogP contribution is -2.48. The summed E-state index contributed by atoms with van der Waals surface area (Å²) < 4.78 is 0. The molecule has 0 bridgehead atoms. The van der Waals surface area contributed by atoms with E-state index in [4.69, 9.17) is 0 Å². The number of fused-ring (bicyclic) bond motifs is 1. The van der Waals surface area contributed by atoms with Crippen molar-refractivity contribution in [1.29, 1.82) is 0 Å². The molecule has 1 nitrogen and oxygen atoms in total. The number of hydrogen-bond acceptors (Lipinski definition) is 1. The molecule has 96 valence electrons. The van der Waals surface area contributed by atoms with Crippen LogP contribution in [0, 0.1) is 25.7 Å². The van der Waals surface area contributed by atoms with Gasteiger partial charge in [-0.05, 0) is 56.6 Å². The van der Waals surface area contributed by atoms with Crippen LogP contribution in [0.1, 0.15) is 42.5 Å². The summed E-state index contributed by atoms with van der Waals surface area (Å²) in [6.45, 7) is 6.68. The monoisotopic (exact) mass is 241 g/mol. The van der Waals surface area contributed by atoms with Crippen molar-refractivity contribution in [3.05, 3.63) is 47.0 Å². The van der Waals surface area contributed by atoms with Crippen LogP contribution in [0.4, 0.5) is 0 Å². The van der Waals surface area contributed by atoms with Gasteiger partial charge in [0.05, 0.1) is 0 Å². The highest BCUT2D eigenvalue weighted by Gasteiger charge is 2.41. The molecule has 4 unspecified atom stereocenters. The summed E-state index contributed by atoms with van der Waals surface area (Å²) in [4.78, 5) is 0. The summed E-state index contributed by atoms with van der Waals surface area (Å²) in [5, 5.41) is 3.81. The van der Waals surface area contributed by atoms with E-state index in [-0.39, 0.29) is 0 Å². The zero-order valence-electron chi connectivity index (χ0n) is 11.6. The highest BCUT2D eigenvalue weighted by atomic mass is 15.0. The van der Waals surface area contributed by atoms with Gasteiger partial charge in [0, 0.05) is 12.1 Å². The van der Waals surface area contributed by atoms with Gasteiger partial charge in [-0.25, -0.2) is 0 Å². The molecule has 0 spiro atoms. The molecule has 2 aliphatic rings. The number of allylic oxidation sites excluding steroid dienone is 1. The molecule has 0 radical (unpaired) electrons. The van der Waals surface area contributed by atoms with E-state index < -0.39 is 0 Å². The van der Waals surface area contributed by atoms with E-state index in [0.29, 0.717) is 12.1 Å². The second-order valence-electron chi connectivity index (χ2n) is 6.09. The molecular weight excluding hydrogens is 218 g/mol. The van der Waals surface area contributed by atoms with Gasteiger partial charge < -0.3 is 5.32 Å². The number of nitrogens with one attached hydrogen (secondary N) is 1. The lowest BCUT2D eigenvalue weighted by atomic mass is 9.71. The van der Waals surface area contributed by atoms with Gasteiger partial charge >= 0.3 is 0 Å². The Morgan fingerprint density at radius 2 is 2.11 bits per heavy atom. The van der Waals surface area contributed by atoms with Gasteiger partial charge in [0.15, 0.2) is 0 Å². The Labute approximate surface area is 110 Å². The number of benzene rings is 1. The molecule has 4 atom stereocenters. The van der Waals surface area contributed by atoms with E-state index in [1.54, 1.807) is 0 Å². The third-order valence-corrected chi connectivity index (χ3v) is 4.72. The van der Waals surface area contributed by atoms with Crippen molar-refractivity contribution in [3.8, 4) is 0 Å². The van der Waals surface area contributed by atoms with Crippen molar-refractivity contribution in [1.82, 2.24) is 5.32 Å². The maximum Gasteiger partial charge on any atom is 0.0297 e. The normalized spacial score (nSPS) is 30.9. The zero-order valence-corrected chi connectivity index (χ0v) is 11.6. The highest BCUT2D eigenvalue weighted by molar-refractivity contribution is 5.32. The van der Waals surface area contributed by atoms with E-state index in [2.05, 4.69) is 56.4 Å². The van der Waals surface area contributed by atoms with Crippen LogP contribution in [0.2, 0.25) is 0 Å². The fourth-order valence-electron chi connectivity index (χ4n) is 3.63. The molecule has 0 saturated heterocycles. The summed E-state index contributed by atoms with van der Waals surface area (Å²) in [7, 11) is 0. The first-order valence-electron chi connectivity index (χ1n) is 7.15. The number of rotatable bonds is 3. The van der Waals surface area contributed by atoms with Gasteiger partial charge in [-0.3, -0.25) is 0 Å². The smallest absolute Gasteiger partial charge is 0.0297 e. The summed E-state index contributed by atoms with van der Waals surface area (Å²) >= 11 is 0. The van der Waals surface area contributed by atoms with Crippen LogP contribution in [0.3, 0.4) is 0 Å². The topological polar surface area (TPSA) is 12.0 Å². The van der Waals surface area contributed by atoms with Crippen LogP contribution in [0.15, 0.2) is 30.4 Å². The van der Waals surface area contributed by atoms with Crippen molar-refractivity contribution in [3.63, 3.8) is 0 Å². The first-order valence-corrected chi connectivity index (χ1v) is 7.15. The average molecular weight is 241 g/mol. The number of aryl methyl sites for hydroxylation is 2. The fourth-order valence-corrected chi connectivity index (χ4v) is 3.63. The zero-order chi connectivity index (χ0) is 12.7. The Morgan fingerprint density at radius 3 is 2.83 bits per heavy atom. The molecule has 0 aromatic heterocycles. The van der Waals surface area contributed by atoms with Gasteiger partial charge in [0.2, 0.25) is 0 Å². The van der Waals surface area contributed by atoms with Crippen molar-refractivity contribution in [2.24, 2.45) is 11.8 Å². The molecule has 1 fully saturated rings. The minimum absolute atomic E-state index is 0.463. The predicted octanol–water partition coefficient (Wildman–Crippen LogP) is 3.92. The summed E-state index contributed by atoms with van der Waals surface area (Å²) in [5.74, 6) is 1.74. The Bertz CT molecular complexity index is 474. The van der Waals surface area contributed by atoms with Crippen LogP contribution >= 0.6 is 0 Å². The molecule has 18 heavy (non-hydrogen) atoms. The van der Waals surface area contributed by atoms with Crippen molar-refractivity contribution in [2.45, 2.75) is 45.7 Å². The molecule has 0 heterocycles. The maximum absolute atomic E-state index is 3.81. The molecule has 0 aliphatic heterocycles. The van der Waals surface area contributed by atoms with E-state index in [0.717, 1.165) is 11.8 Å². The second-order valence-corrected chi connectivity index (χ2v) is 6.09. The van der Waals surface area contributed by atoms with Gasteiger partial charge in [-0.1, -0.05) is 35.9 Å². The lowest BCUT2D eigenvalue weighted by Gasteiger charge is -2.42. The van der Waals surface area contributed by atoms with E-state index in [9.17, 15) is 0 Å². The fraction of sp³-hybridized carbons (Fsp3) is 0.529. The minimum atomic E-state index is 0.463.